The van der Waals surface area contributed by atoms with Crippen LogP contribution in [0.25, 0.3) is 0 Å². The van der Waals surface area contributed by atoms with Crippen LogP contribution in [0, 0.1) is 0 Å². The average molecular weight is 377 g/mol. The van der Waals surface area contributed by atoms with Crippen LogP contribution in [0.5, 0.6) is 5.75 Å². The minimum Gasteiger partial charge on any atom is -0.491 e. The standard InChI is InChI=1S/C20H31N3O4/c1-16(19(21)25)23-9-11-27-20(15-23)5-7-22(8-6-20)14-17-3-2-4-18(13-17)26-12-10-24/h2-4,13,16,24H,5-12,14-15H2,1H3,(H2,21,25). The fourth-order valence-corrected chi connectivity index (χ4v) is 3.96. The van der Waals surface area contributed by atoms with Gasteiger partial charge in [0.2, 0.25) is 5.91 Å². The van der Waals surface area contributed by atoms with Crippen molar-refractivity contribution in [2.24, 2.45) is 5.73 Å². The number of piperidine rings is 1. The van der Waals surface area contributed by atoms with Crippen molar-refractivity contribution in [3.8, 4) is 5.75 Å². The van der Waals surface area contributed by atoms with E-state index in [1.807, 2.05) is 25.1 Å². The number of ether oxygens (including phenoxy) is 2. The maximum Gasteiger partial charge on any atom is 0.234 e. The van der Waals surface area contributed by atoms with E-state index in [1.54, 1.807) is 0 Å². The van der Waals surface area contributed by atoms with Crippen LogP contribution in [0.4, 0.5) is 0 Å². The van der Waals surface area contributed by atoms with Crippen molar-refractivity contribution in [2.45, 2.75) is 38.0 Å². The summed E-state index contributed by atoms with van der Waals surface area (Å²) in [6, 6.07) is 7.79. The molecule has 0 bridgehead atoms. The number of morpholine rings is 1. The minimum atomic E-state index is -0.271. The summed E-state index contributed by atoms with van der Waals surface area (Å²) < 4.78 is 11.7. The van der Waals surface area contributed by atoms with Crippen molar-refractivity contribution in [2.75, 3.05) is 46.0 Å². The molecule has 2 heterocycles. The van der Waals surface area contributed by atoms with Gasteiger partial charge in [0.25, 0.3) is 0 Å². The fraction of sp³-hybridized carbons (Fsp3) is 0.650. The zero-order valence-electron chi connectivity index (χ0n) is 16.1. The topological polar surface area (TPSA) is 88.3 Å². The van der Waals surface area contributed by atoms with E-state index in [0.29, 0.717) is 13.2 Å². The molecule has 1 amide bonds. The summed E-state index contributed by atoms with van der Waals surface area (Å²) in [5.41, 5.74) is 6.52. The number of rotatable bonds is 7. The van der Waals surface area contributed by atoms with Crippen LogP contribution in [-0.2, 0) is 16.1 Å². The second-order valence-corrected chi connectivity index (χ2v) is 7.58. The molecule has 3 rings (SSSR count). The van der Waals surface area contributed by atoms with Gasteiger partial charge in [-0.25, -0.2) is 0 Å². The number of likely N-dealkylation sites (tertiary alicyclic amines) is 1. The molecule has 2 aliphatic rings. The maximum atomic E-state index is 11.5. The summed E-state index contributed by atoms with van der Waals surface area (Å²) in [6.07, 6.45) is 1.91. The zero-order chi connectivity index (χ0) is 19.3. The molecule has 0 aromatic heterocycles. The lowest BCUT2D eigenvalue weighted by atomic mass is 9.88. The van der Waals surface area contributed by atoms with E-state index in [2.05, 4.69) is 15.9 Å². The van der Waals surface area contributed by atoms with Gasteiger partial charge in [0.05, 0.1) is 24.9 Å². The SMILES string of the molecule is CC(C(N)=O)N1CCOC2(CCN(Cc3cccc(OCCO)c3)CC2)C1. The van der Waals surface area contributed by atoms with Crippen LogP contribution in [-0.4, -0.2) is 78.5 Å². The molecule has 7 heteroatoms. The normalized spacial score (nSPS) is 21.9. The lowest BCUT2D eigenvalue weighted by Gasteiger charge is -2.48. The lowest BCUT2D eigenvalue weighted by molar-refractivity contribution is -0.150. The predicted octanol–water partition coefficient (Wildman–Crippen LogP) is 0.598. The lowest BCUT2D eigenvalue weighted by Crippen LogP contribution is -2.60. The Hall–Kier alpha value is -1.67. The second kappa shape index (κ2) is 9.01. The van der Waals surface area contributed by atoms with Gasteiger partial charge >= 0.3 is 0 Å². The molecule has 0 radical (unpaired) electrons. The number of nitrogens with two attached hydrogens (primary N) is 1. The van der Waals surface area contributed by atoms with Crippen molar-refractivity contribution >= 4 is 5.91 Å². The number of benzene rings is 1. The molecule has 27 heavy (non-hydrogen) atoms. The molecule has 7 nitrogen and oxygen atoms in total. The monoisotopic (exact) mass is 377 g/mol. The minimum absolute atomic E-state index is 0.0177. The Morgan fingerprint density at radius 2 is 2.15 bits per heavy atom. The summed E-state index contributed by atoms with van der Waals surface area (Å²) in [5, 5.41) is 8.89. The van der Waals surface area contributed by atoms with Gasteiger partial charge in [-0.3, -0.25) is 14.6 Å². The molecule has 150 valence electrons. The molecule has 3 N–H and O–H groups in total. The summed E-state index contributed by atoms with van der Waals surface area (Å²) in [7, 11) is 0. The molecule has 0 saturated carbocycles. The molecule has 2 fully saturated rings. The summed E-state index contributed by atoms with van der Waals surface area (Å²) in [4.78, 5) is 16.1. The van der Waals surface area contributed by atoms with E-state index in [1.165, 1.54) is 5.56 Å². The maximum absolute atomic E-state index is 11.5. The molecule has 0 aliphatic carbocycles. The first-order chi connectivity index (χ1) is 13.0. The highest BCUT2D eigenvalue weighted by Crippen LogP contribution is 2.31. The van der Waals surface area contributed by atoms with E-state index in [-0.39, 0.29) is 24.2 Å². The molecule has 1 atom stereocenters. The van der Waals surface area contributed by atoms with E-state index >= 15 is 0 Å². The Morgan fingerprint density at radius 1 is 1.37 bits per heavy atom. The van der Waals surface area contributed by atoms with E-state index in [9.17, 15) is 4.79 Å². The Kier molecular flexibility index (Phi) is 6.70. The molecule has 1 aromatic rings. The molecule has 2 saturated heterocycles. The Balaban J connectivity index is 1.53. The smallest absolute Gasteiger partial charge is 0.234 e. The van der Waals surface area contributed by atoms with Crippen LogP contribution < -0.4 is 10.5 Å². The van der Waals surface area contributed by atoms with E-state index < -0.39 is 0 Å². The highest BCUT2D eigenvalue weighted by atomic mass is 16.5. The Bertz CT molecular complexity index is 631. The van der Waals surface area contributed by atoms with Crippen LogP contribution in [0.15, 0.2) is 24.3 Å². The molecular formula is C20H31N3O4. The largest absolute Gasteiger partial charge is 0.491 e. The van der Waals surface area contributed by atoms with Crippen molar-refractivity contribution in [1.82, 2.24) is 9.80 Å². The average Bonchev–Trinajstić information content (AvgIpc) is 2.68. The molecule has 1 aromatic carbocycles. The van der Waals surface area contributed by atoms with Gasteiger partial charge < -0.3 is 20.3 Å². The van der Waals surface area contributed by atoms with E-state index in [0.717, 1.165) is 51.3 Å². The summed E-state index contributed by atoms with van der Waals surface area (Å²) in [6.45, 7) is 7.18. The van der Waals surface area contributed by atoms with Crippen LogP contribution >= 0.6 is 0 Å². The number of aliphatic hydroxyl groups excluding tert-OH is 1. The highest BCUT2D eigenvalue weighted by Gasteiger charge is 2.41. The van der Waals surface area contributed by atoms with Gasteiger partial charge in [-0.05, 0) is 37.5 Å². The van der Waals surface area contributed by atoms with Gasteiger partial charge in [0, 0.05) is 32.7 Å². The quantitative estimate of drug-likeness (QED) is 0.723. The summed E-state index contributed by atoms with van der Waals surface area (Å²) in [5.74, 6) is 0.523. The number of aliphatic hydroxyl groups is 1. The van der Waals surface area contributed by atoms with Crippen molar-refractivity contribution < 1.29 is 19.4 Å². The number of amides is 1. The molecular weight excluding hydrogens is 346 g/mol. The van der Waals surface area contributed by atoms with Gasteiger partial charge in [-0.2, -0.15) is 0 Å². The number of primary amides is 1. The zero-order valence-corrected chi connectivity index (χ0v) is 16.1. The number of carbonyl (C=O) groups is 1. The van der Waals surface area contributed by atoms with Gasteiger partial charge in [0.15, 0.2) is 0 Å². The number of nitrogens with zero attached hydrogens (tertiary/aromatic N) is 2. The van der Waals surface area contributed by atoms with Crippen molar-refractivity contribution in [3.63, 3.8) is 0 Å². The van der Waals surface area contributed by atoms with Crippen molar-refractivity contribution in [1.29, 1.82) is 0 Å². The molecule has 1 spiro atoms. The van der Waals surface area contributed by atoms with Crippen molar-refractivity contribution in [3.05, 3.63) is 29.8 Å². The summed E-state index contributed by atoms with van der Waals surface area (Å²) >= 11 is 0. The number of carbonyl (C=O) groups excluding carboxylic acids is 1. The molecule has 1 unspecified atom stereocenters. The number of hydrogen-bond donors (Lipinski definition) is 2. The van der Waals surface area contributed by atoms with Gasteiger partial charge in [-0.15, -0.1) is 0 Å². The number of hydrogen-bond acceptors (Lipinski definition) is 6. The van der Waals surface area contributed by atoms with Crippen LogP contribution in [0.3, 0.4) is 0 Å². The third-order valence-corrected chi connectivity index (χ3v) is 5.67. The van der Waals surface area contributed by atoms with E-state index in [4.69, 9.17) is 20.3 Å². The third kappa shape index (κ3) is 5.19. The Morgan fingerprint density at radius 3 is 2.85 bits per heavy atom. The first kappa shape index (κ1) is 20.1. The van der Waals surface area contributed by atoms with Gasteiger partial charge in [0.1, 0.15) is 12.4 Å². The first-order valence-corrected chi connectivity index (χ1v) is 9.74. The highest BCUT2D eigenvalue weighted by molar-refractivity contribution is 5.79. The Labute approximate surface area is 161 Å². The van der Waals surface area contributed by atoms with Crippen LogP contribution in [0.2, 0.25) is 0 Å². The predicted molar refractivity (Wildman–Crippen MR) is 102 cm³/mol. The van der Waals surface area contributed by atoms with Crippen LogP contribution in [0.1, 0.15) is 25.3 Å². The second-order valence-electron chi connectivity index (χ2n) is 7.58. The third-order valence-electron chi connectivity index (χ3n) is 5.67. The molecule has 2 aliphatic heterocycles. The first-order valence-electron chi connectivity index (χ1n) is 9.74. The fourth-order valence-electron chi connectivity index (χ4n) is 3.96. The van der Waals surface area contributed by atoms with Gasteiger partial charge in [-0.1, -0.05) is 12.1 Å².